The van der Waals surface area contributed by atoms with Crippen molar-refractivity contribution in [2.45, 2.75) is 45.1 Å². The molecule has 0 saturated carbocycles. The summed E-state index contributed by atoms with van der Waals surface area (Å²) in [7, 11) is 0. The van der Waals surface area contributed by atoms with Crippen molar-refractivity contribution in [2.24, 2.45) is 0 Å². The Hall–Kier alpha value is -1.65. The predicted molar refractivity (Wildman–Crippen MR) is 102 cm³/mol. The second-order valence-corrected chi connectivity index (χ2v) is 6.43. The zero-order chi connectivity index (χ0) is 17.8. The maximum atomic E-state index is 10.1. The number of carboxylic acid groups (broad SMARTS) is 1. The second-order valence-electron chi connectivity index (χ2n) is 5.57. The summed E-state index contributed by atoms with van der Waals surface area (Å²) >= 11 is 3.53. The Balaban J connectivity index is 0.000000245. The molecule has 0 heterocycles. The predicted octanol–water partition coefficient (Wildman–Crippen LogP) is 5.52. The highest BCUT2D eigenvalue weighted by molar-refractivity contribution is 9.10. The van der Waals surface area contributed by atoms with E-state index in [0.717, 1.165) is 23.7 Å². The lowest BCUT2D eigenvalue weighted by Crippen LogP contribution is -2.08. The molecule has 130 valence electrons. The van der Waals surface area contributed by atoms with Gasteiger partial charge in [0, 0.05) is 10.9 Å². The number of benzene rings is 2. The van der Waals surface area contributed by atoms with Crippen LogP contribution in [0.2, 0.25) is 0 Å². The molecule has 2 rings (SSSR count). The number of aliphatic carboxylic acids is 1. The van der Waals surface area contributed by atoms with Crippen LogP contribution in [-0.2, 0) is 4.79 Å². The molecule has 0 fully saturated rings. The Morgan fingerprint density at radius 1 is 1.04 bits per heavy atom. The lowest BCUT2D eigenvalue weighted by molar-refractivity contribution is -0.137. The highest BCUT2D eigenvalue weighted by Gasteiger charge is 2.05. The minimum Gasteiger partial charge on any atom is -0.481 e. The smallest absolute Gasteiger partial charge is 0.303 e. The quantitative estimate of drug-likeness (QED) is 0.651. The van der Waals surface area contributed by atoms with Crippen molar-refractivity contribution in [3.05, 3.63) is 59.1 Å². The van der Waals surface area contributed by atoms with E-state index in [9.17, 15) is 4.79 Å². The van der Waals surface area contributed by atoms with Crippen LogP contribution in [0.15, 0.2) is 59.1 Å². The van der Waals surface area contributed by atoms with Crippen LogP contribution in [0.1, 0.15) is 39.0 Å². The number of aliphatic hydroxyl groups excluding tert-OH is 1. The van der Waals surface area contributed by atoms with Crippen LogP contribution >= 0.6 is 15.9 Å². The zero-order valence-electron chi connectivity index (χ0n) is 14.0. The molecule has 0 radical (unpaired) electrons. The van der Waals surface area contributed by atoms with Gasteiger partial charge in [-0.25, -0.2) is 0 Å². The molecule has 0 amide bonds. The average molecular weight is 393 g/mol. The van der Waals surface area contributed by atoms with E-state index in [1.807, 2.05) is 25.1 Å². The third-order valence-electron chi connectivity index (χ3n) is 3.54. The van der Waals surface area contributed by atoms with Crippen molar-refractivity contribution in [3.63, 3.8) is 0 Å². The number of carbonyl (C=O) groups is 1. The van der Waals surface area contributed by atoms with Gasteiger partial charge in [0.1, 0.15) is 0 Å². The molecule has 0 aliphatic rings. The summed E-state index contributed by atoms with van der Waals surface area (Å²) in [6.45, 7) is 2.05. The van der Waals surface area contributed by atoms with Crippen LogP contribution in [0.4, 0.5) is 0 Å². The highest BCUT2D eigenvalue weighted by atomic mass is 79.9. The van der Waals surface area contributed by atoms with Crippen molar-refractivity contribution in [1.29, 1.82) is 0 Å². The van der Waals surface area contributed by atoms with E-state index < -0.39 is 12.1 Å². The first kappa shape index (κ1) is 20.4. The molecule has 4 heteroatoms. The normalized spacial score (nSPS) is 11.3. The Morgan fingerprint density at radius 3 is 2.25 bits per heavy atom. The monoisotopic (exact) mass is 392 g/mol. The molecular formula is C20H25BrO3. The fourth-order valence-electron chi connectivity index (χ4n) is 2.19. The van der Waals surface area contributed by atoms with Gasteiger partial charge in [0.25, 0.3) is 0 Å². The Kier molecular flexibility index (Phi) is 10.0. The van der Waals surface area contributed by atoms with Gasteiger partial charge in [0.15, 0.2) is 0 Å². The van der Waals surface area contributed by atoms with Crippen molar-refractivity contribution < 1.29 is 15.0 Å². The topological polar surface area (TPSA) is 57.5 Å². The van der Waals surface area contributed by atoms with Gasteiger partial charge in [-0.3, -0.25) is 4.79 Å². The molecule has 2 N–H and O–H groups in total. The van der Waals surface area contributed by atoms with Gasteiger partial charge < -0.3 is 10.2 Å². The average Bonchev–Trinajstić information content (AvgIpc) is 2.60. The van der Waals surface area contributed by atoms with E-state index in [0.29, 0.717) is 6.42 Å². The summed E-state index contributed by atoms with van der Waals surface area (Å²) in [4.78, 5) is 10.1. The molecule has 1 atom stereocenters. The largest absolute Gasteiger partial charge is 0.481 e. The number of halogens is 1. The maximum Gasteiger partial charge on any atom is 0.303 e. The van der Waals surface area contributed by atoms with E-state index in [4.69, 9.17) is 10.2 Å². The van der Waals surface area contributed by atoms with E-state index in [2.05, 4.69) is 52.3 Å². The third kappa shape index (κ3) is 8.27. The standard InChI is InChI=1S/C12H9Br.C8H16O3/c13-12-9-5-4-8-11(12)10-6-2-1-3-7-10;1-2-3-4-7(9)5-6-8(10)11/h1-9H;7,9H,2-6H2,1H3,(H,10,11). The maximum absolute atomic E-state index is 10.1. The van der Waals surface area contributed by atoms with E-state index >= 15 is 0 Å². The number of hydrogen-bond donors (Lipinski definition) is 2. The Morgan fingerprint density at radius 2 is 1.67 bits per heavy atom. The Labute approximate surface area is 152 Å². The fraction of sp³-hybridized carbons (Fsp3) is 0.350. The number of carboxylic acids is 1. The van der Waals surface area contributed by atoms with Crippen LogP contribution in [0, 0.1) is 0 Å². The molecule has 0 aliphatic heterocycles. The molecule has 0 bridgehead atoms. The lowest BCUT2D eigenvalue weighted by atomic mass is 10.1. The molecule has 3 nitrogen and oxygen atoms in total. The zero-order valence-corrected chi connectivity index (χ0v) is 15.6. The van der Waals surface area contributed by atoms with Gasteiger partial charge in [0.2, 0.25) is 0 Å². The summed E-state index contributed by atoms with van der Waals surface area (Å²) in [6.07, 6.45) is 2.78. The first-order valence-corrected chi connectivity index (χ1v) is 9.03. The van der Waals surface area contributed by atoms with Gasteiger partial charge >= 0.3 is 5.97 Å². The van der Waals surface area contributed by atoms with Gasteiger partial charge in [-0.15, -0.1) is 0 Å². The third-order valence-corrected chi connectivity index (χ3v) is 4.23. The molecule has 24 heavy (non-hydrogen) atoms. The summed E-state index contributed by atoms with van der Waals surface area (Å²) < 4.78 is 1.14. The molecule has 0 spiro atoms. The van der Waals surface area contributed by atoms with E-state index in [1.165, 1.54) is 11.1 Å². The van der Waals surface area contributed by atoms with E-state index in [1.54, 1.807) is 0 Å². The number of rotatable bonds is 7. The van der Waals surface area contributed by atoms with Gasteiger partial charge in [0.05, 0.1) is 6.10 Å². The molecule has 2 aromatic carbocycles. The summed E-state index contributed by atoms with van der Waals surface area (Å²) in [5.74, 6) is -0.833. The summed E-state index contributed by atoms with van der Waals surface area (Å²) in [5.41, 5.74) is 2.48. The van der Waals surface area contributed by atoms with Crippen LogP contribution < -0.4 is 0 Å². The van der Waals surface area contributed by atoms with Crippen molar-refractivity contribution in [1.82, 2.24) is 0 Å². The fourth-order valence-corrected chi connectivity index (χ4v) is 2.70. The van der Waals surface area contributed by atoms with Crippen LogP contribution in [-0.4, -0.2) is 22.3 Å². The molecule has 0 saturated heterocycles. The SMILES string of the molecule is Brc1ccccc1-c1ccccc1.CCCCC(O)CCC(=O)O. The van der Waals surface area contributed by atoms with Gasteiger partial charge in [-0.05, 0) is 30.0 Å². The summed E-state index contributed by atoms with van der Waals surface area (Å²) in [5, 5.41) is 17.4. The van der Waals surface area contributed by atoms with Crippen LogP contribution in [0.5, 0.6) is 0 Å². The van der Waals surface area contributed by atoms with Gasteiger partial charge in [-0.2, -0.15) is 0 Å². The second kappa shape index (κ2) is 11.8. The summed E-state index contributed by atoms with van der Waals surface area (Å²) in [6, 6.07) is 18.6. The van der Waals surface area contributed by atoms with Crippen molar-refractivity contribution >= 4 is 21.9 Å². The minimum atomic E-state index is -0.833. The minimum absolute atomic E-state index is 0.0743. The first-order valence-electron chi connectivity index (χ1n) is 8.24. The molecular weight excluding hydrogens is 368 g/mol. The molecule has 1 unspecified atom stereocenters. The molecule has 0 aliphatic carbocycles. The van der Waals surface area contributed by atoms with Gasteiger partial charge in [-0.1, -0.05) is 84.2 Å². The van der Waals surface area contributed by atoms with E-state index in [-0.39, 0.29) is 6.42 Å². The first-order chi connectivity index (χ1) is 11.5. The highest BCUT2D eigenvalue weighted by Crippen LogP contribution is 2.27. The lowest BCUT2D eigenvalue weighted by Gasteiger charge is -2.06. The molecule has 0 aromatic heterocycles. The number of hydrogen-bond acceptors (Lipinski definition) is 2. The number of aliphatic hydroxyl groups is 1. The van der Waals surface area contributed by atoms with Crippen LogP contribution in [0.25, 0.3) is 11.1 Å². The van der Waals surface area contributed by atoms with Crippen molar-refractivity contribution in [2.75, 3.05) is 0 Å². The van der Waals surface area contributed by atoms with Crippen molar-refractivity contribution in [3.8, 4) is 11.1 Å². The van der Waals surface area contributed by atoms with Crippen LogP contribution in [0.3, 0.4) is 0 Å². The number of unbranched alkanes of at least 4 members (excludes halogenated alkanes) is 1. The molecule has 2 aromatic rings. The Bertz CT molecular complexity index is 599.